The van der Waals surface area contributed by atoms with Crippen LogP contribution in [0.5, 0.6) is 11.5 Å². The maximum atomic E-state index is 11.5. The number of para-hydroxylation sites is 1. The van der Waals surface area contributed by atoms with Crippen molar-refractivity contribution in [3.8, 4) is 11.5 Å². The van der Waals surface area contributed by atoms with Crippen LogP contribution >= 0.6 is 0 Å². The average molecular weight is 300 g/mol. The first-order valence-electron chi connectivity index (χ1n) is 7.27. The van der Waals surface area contributed by atoms with Gasteiger partial charge in [-0.05, 0) is 37.6 Å². The molecule has 1 atom stereocenters. The fraction of sp³-hybridized carbons (Fsp3) is 0.278. The van der Waals surface area contributed by atoms with Crippen LogP contribution in [0.4, 0.5) is 0 Å². The molecule has 0 saturated carbocycles. The number of carbonyl (C=O) groups is 1. The summed E-state index contributed by atoms with van der Waals surface area (Å²) < 4.78 is 11.1. The van der Waals surface area contributed by atoms with Crippen LogP contribution in [-0.2, 0) is 11.2 Å². The van der Waals surface area contributed by atoms with E-state index in [1.54, 1.807) is 12.1 Å². The van der Waals surface area contributed by atoms with Gasteiger partial charge in [0.25, 0.3) is 0 Å². The quantitative estimate of drug-likeness (QED) is 0.850. The summed E-state index contributed by atoms with van der Waals surface area (Å²) in [6.07, 6.45) is -0.705. The van der Waals surface area contributed by atoms with Gasteiger partial charge >= 0.3 is 5.97 Å². The number of aryl methyl sites for hydroxylation is 1. The van der Waals surface area contributed by atoms with E-state index in [-0.39, 0.29) is 6.42 Å². The lowest BCUT2D eigenvalue weighted by Gasteiger charge is -2.17. The molecular weight excluding hydrogens is 280 g/mol. The Morgan fingerprint density at radius 2 is 1.82 bits per heavy atom. The summed E-state index contributed by atoms with van der Waals surface area (Å²) >= 11 is 0. The summed E-state index contributed by atoms with van der Waals surface area (Å²) in [5.41, 5.74) is 1.92. The highest BCUT2D eigenvalue weighted by Gasteiger charge is 2.21. The number of benzene rings is 2. The van der Waals surface area contributed by atoms with Gasteiger partial charge < -0.3 is 14.6 Å². The normalized spacial score (nSPS) is 11.7. The standard InChI is InChI=1S/C18H20O4/c1-3-21-16-7-5-4-6-14(16)12-17(18(19)20)22-15-10-8-13(2)9-11-15/h4-11,17H,3,12H2,1-2H3,(H,19,20)/t17-/m1/s1. The van der Waals surface area contributed by atoms with Crippen molar-refractivity contribution in [2.75, 3.05) is 6.61 Å². The predicted molar refractivity (Wildman–Crippen MR) is 84.5 cm³/mol. The summed E-state index contributed by atoms with van der Waals surface area (Å²) in [5.74, 6) is 0.252. The van der Waals surface area contributed by atoms with E-state index in [2.05, 4.69) is 0 Å². The van der Waals surface area contributed by atoms with Crippen molar-refractivity contribution in [1.29, 1.82) is 0 Å². The lowest BCUT2D eigenvalue weighted by molar-refractivity contribution is -0.145. The molecule has 0 unspecified atom stereocenters. The van der Waals surface area contributed by atoms with Crippen LogP contribution < -0.4 is 9.47 Å². The number of carboxylic acids is 1. The molecule has 0 amide bonds. The molecule has 0 aromatic heterocycles. The van der Waals surface area contributed by atoms with Crippen LogP contribution in [-0.4, -0.2) is 23.8 Å². The molecule has 0 aliphatic rings. The van der Waals surface area contributed by atoms with E-state index in [9.17, 15) is 9.90 Å². The second-order valence-electron chi connectivity index (χ2n) is 5.00. The molecule has 0 aliphatic heterocycles. The van der Waals surface area contributed by atoms with E-state index in [0.717, 1.165) is 11.1 Å². The fourth-order valence-electron chi connectivity index (χ4n) is 2.13. The zero-order valence-corrected chi connectivity index (χ0v) is 12.8. The van der Waals surface area contributed by atoms with E-state index in [1.165, 1.54) is 0 Å². The molecule has 4 heteroatoms. The van der Waals surface area contributed by atoms with Gasteiger partial charge in [-0.15, -0.1) is 0 Å². The number of aliphatic carboxylic acids is 1. The Kier molecular flexibility index (Phi) is 5.42. The van der Waals surface area contributed by atoms with Crippen molar-refractivity contribution < 1.29 is 19.4 Å². The molecule has 0 radical (unpaired) electrons. The van der Waals surface area contributed by atoms with E-state index >= 15 is 0 Å². The van der Waals surface area contributed by atoms with Crippen molar-refractivity contribution in [3.63, 3.8) is 0 Å². The highest BCUT2D eigenvalue weighted by atomic mass is 16.5. The Hall–Kier alpha value is -2.49. The highest BCUT2D eigenvalue weighted by Crippen LogP contribution is 2.22. The number of hydrogen-bond acceptors (Lipinski definition) is 3. The molecule has 4 nitrogen and oxygen atoms in total. The predicted octanol–water partition coefficient (Wildman–Crippen LogP) is 3.47. The number of hydrogen-bond donors (Lipinski definition) is 1. The Labute approximate surface area is 130 Å². The molecule has 0 spiro atoms. The molecule has 2 rings (SSSR count). The largest absolute Gasteiger partial charge is 0.494 e. The number of ether oxygens (including phenoxy) is 2. The number of carboxylic acid groups (broad SMARTS) is 1. The molecule has 0 heterocycles. The van der Waals surface area contributed by atoms with Crippen LogP contribution in [0.15, 0.2) is 48.5 Å². The highest BCUT2D eigenvalue weighted by molar-refractivity contribution is 5.73. The third-order valence-corrected chi connectivity index (χ3v) is 3.25. The smallest absolute Gasteiger partial charge is 0.345 e. The summed E-state index contributed by atoms with van der Waals surface area (Å²) in [4.78, 5) is 11.5. The van der Waals surface area contributed by atoms with Gasteiger partial charge in [0.2, 0.25) is 0 Å². The van der Waals surface area contributed by atoms with E-state index in [4.69, 9.17) is 9.47 Å². The molecule has 22 heavy (non-hydrogen) atoms. The van der Waals surface area contributed by atoms with Gasteiger partial charge in [0.1, 0.15) is 11.5 Å². The molecule has 0 saturated heterocycles. The second kappa shape index (κ2) is 7.50. The third-order valence-electron chi connectivity index (χ3n) is 3.25. The Balaban J connectivity index is 2.15. The zero-order valence-electron chi connectivity index (χ0n) is 12.8. The van der Waals surface area contributed by atoms with Crippen LogP contribution in [0, 0.1) is 6.92 Å². The van der Waals surface area contributed by atoms with Crippen molar-refractivity contribution in [2.45, 2.75) is 26.4 Å². The zero-order chi connectivity index (χ0) is 15.9. The van der Waals surface area contributed by atoms with Crippen molar-refractivity contribution in [2.24, 2.45) is 0 Å². The van der Waals surface area contributed by atoms with Crippen LogP contribution in [0.3, 0.4) is 0 Å². The van der Waals surface area contributed by atoms with Gasteiger partial charge in [0.15, 0.2) is 6.10 Å². The Morgan fingerprint density at radius 1 is 1.14 bits per heavy atom. The van der Waals surface area contributed by atoms with Crippen LogP contribution in [0.1, 0.15) is 18.1 Å². The first kappa shape index (κ1) is 15.9. The van der Waals surface area contributed by atoms with Crippen molar-refractivity contribution in [1.82, 2.24) is 0 Å². The fourth-order valence-corrected chi connectivity index (χ4v) is 2.13. The minimum Gasteiger partial charge on any atom is -0.494 e. The molecule has 0 fully saturated rings. The van der Waals surface area contributed by atoms with Gasteiger partial charge in [0, 0.05) is 6.42 Å². The van der Waals surface area contributed by atoms with Gasteiger partial charge in [-0.25, -0.2) is 4.79 Å². The third kappa shape index (κ3) is 4.25. The lowest BCUT2D eigenvalue weighted by Crippen LogP contribution is -2.29. The minimum absolute atomic E-state index is 0.249. The second-order valence-corrected chi connectivity index (χ2v) is 5.00. The average Bonchev–Trinajstić information content (AvgIpc) is 2.50. The lowest BCUT2D eigenvalue weighted by atomic mass is 10.1. The van der Waals surface area contributed by atoms with Crippen LogP contribution in [0.2, 0.25) is 0 Å². The Morgan fingerprint density at radius 3 is 2.45 bits per heavy atom. The molecule has 2 aromatic rings. The first-order valence-corrected chi connectivity index (χ1v) is 7.27. The monoisotopic (exact) mass is 300 g/mol. The summed E-state index contributed by atoms with van der Waals surface area (Å²) in [6.45, 7) is 4.40. The maximum Gasteiger partial charge on any atom is 0.345 e. The first-order chi connectivity index (χ1) is 10.6. The molecule has 116 valence electrons. The van der Waals surface area contributed by atoms with Crippen molar-refractivity contribution >= 4 is 5.97 Å². The van der Waals surface area contributed by atoms with E-state index in [0.29, 0.717) is 18.1 Å². The maximum absolute atomic E-state index is 11.5. The Bertz CT molecular complexity index is 619. The molecule has 2 aromatic carbocycles. The SMILES string of the molecule is CCOc1ccccc1C[C@@H](Oc1ccc(C)cc1)C(=O)O. The minimum atomic E-state index is -0.994. The summed E-state index contributed by atoms with van der Waals surface area (Å²) in [6, 6.07) is 14.8. The van der Waals surface area contributed by atoms with E-state index < -0.39 is 12.1 Å². The van der Waals surface area contributed by atoms with Gasteiger partial charge in [-0.2, -0.15) is 0 Å². The molecule has 0 aliphatic carbocycles. The van der Waals surface area contributed by atoms with Gasteiger partial charge in [-0.1, -0.05) is 35.9 Å². The summed E-state index contributed by atoms with van der Waals surface area (Å²) in [5, 5.41) is 9.41. The molecular formula is C18H20O4. The van der Waals surface area contributed by atoms with Crippen molar-refractivity contribution in [3.05, 3.63) is 59.7 Å². The van der Waals surface area contributed by atoms with Crippen LogP contribution in [0.25, 0.3) is 0 Å². The number of rotatable bonds is 7. The van der Waals surface area contributed by atoms with E-state index in [1.807, 2.05) is 50.2 Å². The summed E-state index contributed by atoms with van der Waals surface area (Å²) in [7, 11) is 0. The topological polar surface area (TPSA) is 55.8 Å². The molecule has 0 bridgehead atoms. The molecule has 1 N–H and O–H groups in total. The van der Waals surface area contributed by atoms with Gasteiger partial charge in [-0.3, -0.25) is 0 Å². The van der Waals surface area contributed by atoms with Gasteiger partial charge in [0.05, 0.1) is 6.61 Å².